The maximum atomic E-state index is 5.68. The van der Waals surface area contributed by atoms with Gasteiger partial charge < -0.3 is 16.8 Å². The van der Waals surface area contributed by atoms with E-state index in [-0.39, 0.29) is 12.1 Å². The van der Waals surface area contributed by atoms with E-state index in [1.165, 1.54) is 5.56 Å². The van der Waals surface area contributed by atoms with Gasteiger partial charge in [-0.1, -0.05) is 30.3 Å². The Balaban J connectivity index is 2.16. The van der Waals surface area contributed by atoms with Crippen LogP contribution >= 0.6 is 0 Å². The maximum absolute atomic E-state index is 5.68. The highest BCUT2D eigenvalue weighted by Gasteiger charge is 2.27. The normalized spacial score (nSPS) is 24.7. The van der Waals surface area contributed by atoms with Gasteiger partial charge in [0.15, 0.2) is 5.96 Å². The molecule has 1 heterocycles. The molecule has 4 heteroatoms. The minimum Gasteiger partial charge on any atom is -0.370 e. The zero-order chi connectivity index (χ0) is 10.7. The fraction of sp³-hybridized carbons (Fsp3) is 0.364. The molecule has 0 saturated carbocycles. The lowest BCUT2D eigenvalue weighted by atomic mass is 9.98. The predicted octanol–water partition coefficient (Wildman–Crippen LogP) is 0.363. The molecule has 0 aromatic heterocycles. The maximum Gasteiger partial charge on any atom is 0.189 e. The molecule has 2 atom stereocenters. The lowest BCUT2D eigenvalue weighted by Gasteiger charge is -2.17. The van der Waals surface area contributed by atoms with E-state index in [9.17, 15) is 0 Å². The molecule has 0 radical (unpaired) electrons. The van der Waals surface area contributed by atoms with Gasteiger partial charge in [0.25, 0.3) is 0 Å². The van der Waals surface area contributed by atoms with Crippen LogP contribution in [-0.4, -0.2) is 18.5 Å². The molecule has 1 aliphatic rings. The number of nitrogens with one attached hydrogen (secondary N) is 1. The summed E-state index contributed by atoms with van der Waals surface area (Å²) < 4.78 is 0. The van der Waals surface area contributed by atoms with E-state index in [2.05, 4.69) is 22.4 Å². The summed E-state index contributed by atoms with van der Waals surface area (Å²) in [6.07, 6.45) is 0.854. The van der Waals surface area contributed by atoms with Crippen molar-refractivity contribution in [2.45, 2.75) is 18.5 Å². The molecule has 5 N–H and O–H groups in total. The van der Waals surface area contributed by atoms with Crippen LogP contribution in [0.5, 0.6) is 0 Å². The van der Waals surface area contributed by atoms with Crippen LogP contribution in [0.15, 0.2) is 35.3 Å². The second-order valence-electron chi connectivity index (χ2n) is 3.69. The third-order valence-electron chi connectivity index (χ3n) is 2.61. The molecule has 0 bridgehead atoms. The molecule has 0 aliphatic carbocycles. The molecule has 1 aromatic rings. The van der Waals surface area contributed by atoms with Crippen molar-refractivity contribution in [1.82, 2.24) is 5.32 Å². The third kappa shape index (κ3) is 2.10. The molecule has 0 fully saturated rings. The summed E-state index contributed by atoms with van der Waals surface area (Å²) >= 11 is 0. The quantitative estimate of drug-likeness (QED) is 0.665. The fourth-order valence-electron chi connectivity index (χ4n) is 1.91. The van der Waals surface area contributed by atoms with E-state index in [0.29, 0.717) is 12.5 Å². The summed E-state index contributed by atoms with van der Waals surface area (Å²) in [5.74, 6) is 0.516. The summed E-state index contributed by atoms with van der Waals surface area (Å²) in [5.41, 5.74) is 12.4. The number of guanidine groups is 1. The van der Waals surface area contributed by atoms with Gasteiger partial charge in [-0.05, 0) is 18.5 Å². The zero-order valence-electron chi connectivity index (χ0n) is 8.56. The molecule has 80 valence electrons. The zero-order valence-corrected chi connectivity index (χ0v) is 8.56. The summed E-state index contributed by atoms with van der Waals surface area (Å²) in [6, 6.07) is 10.5. The van der Waals surface area contributed by atoms with Crippen molar-refractivity contribution in [2.75, 3.05) is 6.54 Å². The molecule has 4 nitrogen and oxygen atoms in total. The van der Waals surface area contributed by atoms with Crippen LogP contribution in [0.4, 0.5) is 0 Å². The molecule has 0 amide bonds. The van der Waals surface area contributed by atoms with Gasteiger partial charge in [-0.3, -0.25) is 0 Å². The van der Waals surface area contributed by atoms with Crippen LogP contribution in [0.3, 0.4) is 0 Å². The standard InChI is InChI=1S/C11H16N4/c12-7-6-9-10(15-11(13)14-9)8-4-2-1-3-5-8/h1-5,9-10H,6-7,12H2,(H3,13,14,15)/t9-,10+/m1/s1. The van der Waals surface area contributed by atoms with Gasteiger partial charge in [-0.15, -0.1) is 0 Å². The van der Waals surface area contributed by atoms with Crippen molar-refractivity contribution < 1.29 is 0 Å². The average molecular weight is 204 g/mol. The smallest absolute Gasteiger partial charge is 0.189 e. The molecule has 1 aromatic carbocycles. The van der Waals surface area contributed by atoms with E-state index in [4.69, 9.17) is 11.5 Å². The predicted molar refractivity (Wildman–Crippen MR) is 61.4 cm³/mol. The number of benzene rings is 1. The minimum atomic E-state index is 0.164. The van der Waals surface area contributed by atoms with Crippen molar-refractivity contribution in [3.63, 3.8) is 0 Å². The monoisotopic (exact) mass is 204 g/mol. The van der Waals surface area contributed by atoms with Crippen LogP contribution in [0.1, 0.15) is 18.0 Å². The Labute approximate surface area is 89.4 Å². The molecule has 0 unspecified atom stereocenters. The second-order valence-corrected chi connectivity index (χ2v) is 3.69. The van der Waals surface area contributed by atoms with Crippen LogP contribution in [-0.2, 0) is 0 Å². The topological polar surface area (TPSA) is 76.4 Å². The number of rotatable bonds is 3. The second kappa shape index (κ2) is 4.31. The number of nitrogens with two attached hydrogens (primary N) is 2. The van der Waals surface area contributed by atoms with Crippen LogP contribution in [0.2, 0.25) is 0 Å². The van der Waals surface area contributed by atoms with Crippen LogP contribution in [0.25, 0.3) is 0 Å². The Bertz CT molecular complexity index is 347. The molecule has 15 heavy (non-hydrogen) atoms. The van der Waals surface area contributed by atoms with Crippen molar-refractivity contribution in [2.24, 2.45) is 16.5 Å². The number of aliphatic imine (C=N–C) groups is 1. The summed E-state index contributed by atoms with van der Waals surface area (Å²) in [4.78, 5) is 4.34. The SMILES string of the molecule is NCC[C@H]1N=C(N)N[C@H]1c1ccccc1. The van der Waals surface area contributed by atoms with Crippen molar-refractivity contribution >= 4 is 5.96 Å². The molecule has 2 rings (SSSR count). The van der Waals surface area contributed by atoms with Gasteiger partial charge in [-0.25, -0.2) is 4.99 Å². The number of hydrogen-bond acceptors (Lipinski definition) is 4. The minimum absolute atomic E-state index is 0.164. The first-order valence-electron chi connectivity index (χ1n) is 5.16. The van der Waals surface area contributed by atoms with Gasteiger partial charge >= 0.3 is 0 Å². The lowest BCUT2D eigenvalue weighted by Crippen LogP contribution is -2.31. The van der Waals surface area contributed by atoms with Gasteiger partial charge in [-0.2, -0.15) is 0 Å². The molecule has 0 spiro atoms. The first-order valence-corrected chi connectivity index (χ1v) is 5.16. The van der Waals surface area contributed by atoms with Crippen LogP contribution < -0.4 is 16.8 Å². The molecular formula is C11H16N4. The lowest BCUT2D eigenvalue weighted by molar-refractivity contribution is 0.520. The fourth-order valence-corrected chi connectivity index (χ4v) is 1.91. The number of nitrogens with zero attached hydrogens (tertiary/aromatic N) is 1. The van der Waals surface area contributed by atoms with Gasteiger partial charge in [0.1, 0.15) is 0 Å². The first-order chi connectivity index (χ1) is 7.31. The van der Waals surface area contributed by atoms with Gasteiger partial charge in [0.05, 0.1) is 12.1 Å². The highest BCUT2D eigenvalue weighted by Crippen LogP contribution is 2.24. The average Bonchev–Trinajstić information content (AvgIpc) is 2.62. The summed E-state index contributed by atoms with van der Waals surface area (Å²) in [7, 11) is 0. The van der Waals surface area contributed by atoms with Crippen molar-refractivity contribution in [1.29, 1.82) is 0 Å². The summed E-state index contributed by atoms with van der Waals surface area (Å²) in [5, 5.41) is 3.18. The first kappa shape index (κ1) is 9.98. The third-order valence-corrected chi connectivity index (χ3v) is 2.61. The molecular weight excluding hydrogens is 188 g/mol. The number of hydrogen-bond donors (Lipinski definition) is 3. The highest BCUT2D eigenvalue weighted by atomic mass is 15.2. The molecule has 1 aliphatic heterocycles. The Morgan fingerprint density at radius 1 is 1.27 bits per heavy atom. The van der Waals surface area contributed by atoms with E-state index in [1.807, 2.05) is 18.2 Å². The molecule has 0 saturated heterocycles. The van der Waals surface area contributed by atoms with Gasteiger partial charge in [0.2, 0.25) is 0 Å². The largest absolute Gasteiger partial charge is 0.370 e. The Kier molecular flexibility index (Phi) is 2.87. The Morgan fingerprint density at radius 2 is 2.00 bits per heavy atom. The Morgan fingerprint density at radius 3 is 2.67 bits per heavy atom. The van der Waals surface area contributed by atoms with Crippen molar-refractivity contribution in [3.05, 3.63) is 35.9 Å². The van der Waals surface area contributed by atoms with E-state index in [1.54, 1.807) is 0 Å². The van der Waals surface area contributed by atoms with Crippen LogP contribution in [0, 0.1) is 0 Å². The van der Waals surface area contributed by atoms with E-state index in [0.717, 1.165) is 6.42 Å². The van der Waals surface area contributed by atoms with Gasteiger partial charge in [0, 0.05) is 0 Å². The highest BCUT2D eigenvalue weighted by molar-refractivity contribution is 5.80. The van der Waals surface area contributed by atoms with Crippen molar-refractivity contribution in [3.8, 4) is 0 Å². The Hall–Kier alpha value is -1.55. The summed E-state index contributed by atoms with van der Waals surface area (Å²) in [6.45, 7) is 0.631. The van der Waals surface area contributed by atoms with E-state index < -0.39 is 0 Å². The van der Waals surface area contributed by atoms with E-state index >= 15 is 0 Å².